The van der Waals surface area contributed by atoms with E-state index in [-0.39, 0.29) is 11.8 Å². The molecule has 5 nitrogen and oxygen atoms in total. The second-order valence-electron chi connectivity index (χ2n) is 6.07. The van der Waals surface area contributed by atoms with Crippen LogP contribution in [-0.2, 0) is 6.54 Å². The molecule has 3 aromatic rings. The number of carbonyl (C=O) groups is 2. The summed E-state index contributed by atoms with van der Waals surface area (Å²) in [6.45, 7) is 2.27. The van der Waals surface area contributed by atoms with Gasteiger partial charge in [0.25, 0.3) is 11.8 Å². The Balaban J connectivity index is 1.63. The number of benzene rings is 2. The molecule has 0 spiro atoms. The predicted octanol–water partition coefficient (Wildman–Crippen LogP) is 4.11. The summed E-state index contributed by atoms with van der Waals surface area (Å²) in [6.07, 6.45) is 0. The second-order valence-corrected chi connectivity index (χ2v) is 6.07. The zero-order valence-electron chi connectivity index (χ0n) is 14.7. The zero-order valence-corrected chi connectivity index (χ0v) is 14.7. The third kappa shape index (κ3) is 4.19. The van der Waals surface area contributed by atoms with Crippen molar-refractivity contribution in [2.45, 2.75) is 13.5 Å². The van der Waals surface area contributed by atoms with Crippen molar-refractivity contribution < 1.29 is 14.0 Å². The molecule has 26 heavy (non-hydrogen) atoms. The van der Waals surface area contributed by atoms with Crippen LogP contribution < -0.4 is 5.32 Å². The molecule has 1 heterocycles. The molecule has 0 saturated carbocycles. The van der Waals surface area contributed by atoms with Crippen molar-refractivity contribution in [2.75, 3.05) is 12.4 Å². The monoisotopic (exact) mass is 348 g/mol. The maximum Gasteiger partial charge on any atom is 0.255 e. The minimum atomic E-state index is -0.185. The lowest BCUT2D eigenvalue weighted by molar-refractivity contribution is 0.0775. The average Bonchev–Trinajstić information content (AvgIpc) is 3.07. The van der Waals surface area contributed by atoms with E-state index in [0.717, 1.165) is 11.5 Å². The average molecular weight is 348 g/mol. The van der Waals surface area contributed by atoms with Gasteiger partial charge in [0, 0.05) is 23.9 Å². The molecule has 0 saturated heterocycles. The van der Waals surface area contributed by atoms with Crippen LogP contribution in [0.2, 0.25) is 0 Å². The third-order valence-corrected chi connectivity index (χ3v) is 3.96. The van der Waals surface area contributed by atoms with Gasteiger partial charge < -0.3 is 14.6 Å². The van der Waals surface area contributed by atoms with Crippen LogP contribution in [-0.4, -0.2) is 23.8 Å². The zero-order chi connectivity index (χ0) is 18.5. The molecule has 132 valence electrons. The number of furan rings is 1. The van der Waals surface area contributed by atoms with Crippen LogP contribution >= 0.6 is 0 Å². The van der Waals surface area contributed by atoms with Crippen LogP contribution in [0.3, 0.4) is 0 Å². The van der Waals surface area contributed by atoms with E-state index in [2.05, 4.69) is 5.32 Å². The molecule has 0 aliphatic rings. The van der Waals surface area contributed by atoms with E-state index in [1.54, 1.807) is 48.3 Å². The molecule has 0 aliphatic carbocycles. The molecule has 2 aromatic carbocycles. The van der Waals surface area contributed by atoms with Gasteiger partial charge in [0.1, 0.15) is 11.5 Å². The number of hydrogen-bond donors (Lipinski definition) is 1. The van der Waals surface area contributed by atoms with E-state index in [1.165, 1.54) is 0 Å². The molecule has 1 aromatic heterocycles. The highest BCUT2D eigenvalue weighted by molar-refractivity contribution is 6.04. The summed E-state index contributed by atoms with van der Waals surface area (Å²) in [5.41, 5.74) is 1.77. The van der Waals surface area contributed by atoms with E-state index < -0.39 is 0 Å². The van der Waals surface area contributed by atoms with Crippen molar-refractivity contribution in [3.05, 3.63) is 89.4 Å². The first kappa shape index (κ1) is 17.5. The molecule has 5 heteroatoms. The highest BCUT2D eigenvalue weighted by Crippen LogP contribution is 2.15. The van der Waals surface area contributed by atoms with Crippen molar-refractivity contribution in [3.63, 3.8) is 0 Å². The Kier molecular flexibility index (Phi) is 5.17. The minimum absolute atomic E-state index is 0.111. The Bertz CT molecular complexity index is 899. The summed E-state index contributed by atoms with van der Waals surface area (Å²) in [6, 6.07) is 19.6. The van der Waals surface area contributed by atoms with Crippen LogP contribution in [0.15, 0.2) is 71.1 Å². The number of nitrogens with zero attached hydrogens (tertiary/aromatic N) is 1. The second kappa shape index (κ2) is 7.70. The molecule has 0 fully saturated rings. The minimum Gasteiger partial charge on any atom is -0.464 e. The van der Waals surface area contributed by atoms with Gasteiger partial charge in [-0.3, -0.25) is 9.59 Å². The molecule has 0 unspecified atom stereocenters. The fraction of sp³-hybridized carbons (Fsp3) is 0.143. The molecule has 0 aliphatic heterocycles. The topological polar surface area (TPSA) is 62.6 Å². The predicted molar refractivity (Wildman–Crippen MR) is 100 cm³/mol. The maximum atomic E-state index is 12.5. The molecule has 0 bridgehead atoms. The number of amides is 2. The lowest BCUT2D eigenvalue weighted by Crippen LogP contribution is -2.26. The van der Waals surface area contributed by atoms with E-state index >= 15 is 0 Å². The Morgan fingerprint density at radius 1 is 0.923 bits per heavy atom. The number of rotatable bonds is 5. The first-order valence-corrected chi connectivity index (χ1v) is 8.30. The fourth-order valence-electron chi connectivity index (χ4n) is 2.58. The molecular formula is C21H20N2O3. The van der Waals surface area contributed by atoms with Gasteiger partial charge >= 0.3 is 0 Å². The highest BCUT2D eigenvalue weighted by Gasteiger charge is 2.14. The van der Waals surface area contributed by atoms with Gasteiger partial charge in [0.15, 0.2) is 0 Å². The van der Waals surface area contributed by atoms with Crippen LogP contribution in [0, 0.1) is 6.92 Å². The largest absolute Gasteiger partial charge is 0.464 e. The molecule has 1 N–H and O–H groups in total. The van der Waals surface area contributed by atoms with Crippen molar-refractivity contribution in [1.29, 1.82) is 0 Å². The van der Waals surface area contributed by atoms with E-state index in [0.29, 0.717) is 23.4 Å². The molecule has 3 rings (SSSR count). The number of hydrogen-bond acceptors (Lipinski definition) is 3. The first-order chi connectivity index (χ1) is 12.5. The third-order valence-electron chi connectivity index (χ3n) is 3.96. The van der Waals surface area contributed by atoms with Gasteiger partial charge in [-0.25, -0.2) is 0 Å². The van der Waals surface area contributed by atoms with Gasteiger partial charge in [0.05, 0.1) is 6.54 Å². The number of carbonyl (C=O) groups excluding carboxylic acids is 2. The summed E-state index contributed by atoms with van der Waals surface area (Å²) >= 11 is 0. The summed E-state index contributed by atoms with van der Waals surface area (Å²) < 4.78 is 5.50. The van der Waals surface area contributed by atoms with Gasteiger partial charge in [-0.2, -0.15) is 0 Å². The van der Waals surface area contributed by atoms with E-state index in [1.807, 2.05) is 37.3 Å². The number of anilines is 1. The normalized spacial score (nSPS) is 10.4. The molecule has 0 radical (unpaired) electrons. The van der Waals surface area contributed by atoms with Crippen molar-refractivity contribution in [1.82, 2.24) is 4.90 Å². The fourth-order valence-corrected chi connectivity index (χ4v) is 2.58. The lowest BCUT2D eigenvalue weighted by Gasteiger charge is -2.16. The SMILES string of the molecule is Cc1ccc(CN(C)C(=O)c2ccc(NC(=O)c3ccccc3)cc2)o1. The molecular weight excluding hydrogens is 328 g/mol. The summed E-state index contributed by atoms with van der Waals surface area (Å²) in [5, 5.41) is 2.82. The highest BCUT2D eigenvalue weighted by atomic mass is 16.3. The number of nitrogens with one attached hydrogen (secondary N) is 1. The first-order valence-electron chi connectivity index (χ1n) is 8.30. The van der Waals surface area contributed by atoms with Gasteiger partial charge in [0.2, 0.25) is 0 Å². The Hall–Kier alpha value is -3.34. The lowest BCUT2D eigenvalue weighted by atomic mass is 10.1. The summed E-state index contributed by atoms with van der Waals surface area (Å²) in [5.74, 6) is 1.26. The maximum absolute atomic E-state index is 12.5. The van der Waals surface area contributed by atoms with Crippen molar-refractivity contribution >= 4 is 17.5 Å². The van der Waals surface area contributed by atoms with Crippen LogP contribution in [0.4, 0.5) is 5.69 Å². The van der Waals surface area contributed by atoms with Gasteiger partial charge in [-0.05, 0) is 55.5 Å². The smallest absolute Gasteiger partial charge is 0.255 e. The van der Waals surface area contributed by atoms with E-state index in [4.69, 9.17) is 4.42 Å². The standard InChI is InChI=1S/C21H20N2O3/c1-15-8-13-19(26-15)14-23(2)21(25)17-9-11-18(12-10-17)22-20(24)16-6-4-3-5-7-16/h3-13H,14H2,1-2H3,(H,22,24). The summed E-state index contributed by atoms with van der Waals surface area (Å²) in [4.78, 5) is 26.3. The Morgan fingerprint density at radius 3 is 2.23 bits per heavy atom. The van der Waals surface area contributed by atoms with Gasteiger partial charge in [-0.15, -0.1) is 0 Å². The molecule has 0 atom stereocenters. The Morgan fingerprint density at radius 2 is 1.62 bits per heavy atom. The van der Waals surface area contributed by atoms with Crippen molar-refractivity contribution in [2.24, 2.45) is 0 Å². The number of aryl methyl sites for hydroxylation is 1. The Labute approximate surface area is 152 Å². The molecule has 2 amide bonds. The summed E-state index contributed by atoms with van der Waals surface area (Å²) in [7, 11) is 1.73. The van der Waals surface area contributed by atoms with Crippen LogP contribution in [0.1, 0.15) is 32.2 Å². The van der Waals surface area contributed by atoms with Crippen LogP contribution in [0.5, 0.6) is 0 Å². The van der Waals surface area contributed by atoms with Crippen LogP contribution in [0.25, 0.3) is 0 Å². The van der Waals surface area contributed by atoms with Crippen molar-refractivity contribution in [3.8, 4) is 0 Å². The quantitative estimate of drug-likeness (QED) is 0.755. The van der Waals surface area contributed by atoms with E-state index in [9.17, 15) is 9.59 Å². The van der Waals surface area contributed by atoms with Gasteiger partial charge in [-0.1, -0.05) is 18.2 Å².